The van der Waals surface area contributed by atoms with Crippen molar-refractivity contribution in [3.63, 3.8) is 0 Å². The molecule has 0 aliphatic carbocycles. The van der Waals surface area contributed by atoms with Gasteiger partial charge in [-0.25, -0.2) is 0 Å². The van der Waals surface area contributed by atoms with Gasteiger partial charge in [0.25, 0.3) is 5.56 Å². The highest BCUT2D eigenvalue weighted by Gasteiger charge is 2.37. The van der Waals surface area contributed by atoms with Crippen molar-refractivity contribution in [2.75, 3.05) is 20.2 Å². The van der Waals surface area contributed by atoms with E-state index in [-0.39, 0.29) is 11.3 Å². The zero-order valence-electron chi connectivity index (χ0n) is 14.2. The van der Waals surface area contributed by atoms with Gasteiger partial charge in [-0.2, -0.15) is 0 Å². The van der Waals surface area contributed by atoms with E-state index in [1.165, 1.54) is 17.0 Å². The molecule has 6 heteroatoms. The van der Waals surface area contributed by atoms with Gasteiger partial charge in [-0.3, -0.25) is 4.79 Å². The minimum absolute atomic E-state index is 0.128. The summed E-state index contributed by atoms with van der Waals surface area (Å²) in [7, 11) is 1.57. The highest BCUT2D eigenvalue weighted by Crippen LogP contribution is 2.35. The minimum atomic E-state index is 0.128. The summed E-state index contributed by atoms with van der Waals surface area (Å²) in [5.74, 6) is 1.63. The van der Waals surface area contributed by atoms with Gasteiger partial charge in [0.05, 0.1) is 24.7 Å². The fourth-order valence-electron chi connectivity index (χ4n) is 4.44. The van der Waals surface area contributed by atoms with E-state index < -0.39 is 0 Å². The van der Waals surface area contributed by atoms with Crippen LogP contribution in [0.2, 0.25) is 0 Å². The van der Waals surface area contributed by atoms with Crippen molar-refractivity contribution in [2.24, 2.45) is 5.92 Å². The molecule has 5 nitrogen and oxygen atoms in total. The second-order valence-electron chi connectivity index (χ2n) is 7.16. The van der Waals surface area contributed by atoms with Crippen molar-refractivity contribution in [1.82, 2.24) is 4.57 Å². The van der Waals surface area contributed by atoms with E-state index in [1.807, 2.05) is 22.8 Å². The number of fused-ring (bicyclic) bond motifs is 4. The van der Waals surface area contributed by atoms with Crippen LogP contribution in [0.25, 0.3) is 0 Å². The maximum Gasteiger partial charge on any atom is 0.250 e. The van der Waals surface area contributed by atoms with Crippen molar-refractivity contribution in [2.45, 2.75) is 25.4 Å². The fraction of sp³-hybridized carbons (Fsp3) is 0.421. The number of ether oxygens (including phenoxy) is 1. The predicted molar refractivity (Wildman–Crippen MR) is 98.3 cm³/mol. The Kier molecular flexibility index (Phi) is 4.33. The Bertz CT molecular complexity index is 864. The Morgan fingerprint density at radius 3 is 3.00 bits per heavy atom. The molecule has 2 N–H and O–H groups in total. The molecule has 1 fully saturated rings. The lowest BCUT2D eigenvalue weighted by Crippen LogP contribution is -3.13. The van der Waals surface area contributed by atoms with Crippen molar-refractivity contribution in [1.29, 1.82) is 0 Å². The second-order valence-corrected chi connectivity index (χ2v) is 8.02. The van der Waals surface area contributed by atoms with E-state index in [0.717, 1.165) is 31.7 Å². The Hall–Kier alpha value is -1.79. The van der Waals surface area contributed by atoms with Gasteiger partial charge in [-0.05, 0) is 40.5 Å². The topological polar surface area (TPSA) is 55.9 Å². The molecule has 0 radical (unpaired) electrons. The number of methoxy groups -OCH3 is 1. The van der Waals surface area contributed by atoms with Gasteiger partial charge in [-0.15, -0.1) is 0 Å². The third kappa shape index (κ3) is 3.09. The van der Waals surface area contributed by atoms with E-state index in [1.54, 1.807) is 13.2 Å². The molecule has 0 spiro atoms. The maximum absolute atomic E-state index is 12.1. The number of quaternary nitrogens is 1. The van der Waals surface area contributed by atoms with Crippen LogP contribution in [-0.4, -0.2) is 29.9 Å². The lowest BCUT2D eigenvalue weighted by atomic mass is 9.83. The van der Waals surface area contributed by atoms with Crippen molar-refractivity contribution < 1.29 is 14.7 Å². The molecule has 0 amide bonds. The molecule has 132 valence electrons. The van der Waals surface area contributed by atoms with E-state index in [9.17, 15) is 9.90 Å². The summed E-state index contributed by atoms with van der Waals surface area (Å²) in [6.45, 7) is 3.82. The van der Waals surface area contributed by atoms with Crippen molar-refractivity contribution in [3.05, 3.63) is 56.4 Å². The summed E-state index contributed by atoms with van der Waals surface area (Å²) in [6.07, 6.45) is 1.18. The second kappa shape index (κ2) is 6.50. The molecule has 1 aromatic carbocycles. The molecule has 1 saturated heterocycles. The molecule has 2 aliphatic heterocycles. The number of nitrogens with zero attached hydrogens (tertiary/aromatic N) is 1. The molecule has 2 aliphatic rings. The number of phenols is 1. The summed E-state index contributed by atoms with van der Waals surface area (Å²) in [6, 6.07) is 9.52. The zero-order chi connectivity index (χ0) is 17.6. The van der Waals surface area contributed by atoms with Crippen LogP contribution in [0, 0.1) is 5.92 Å². The van der Waals surface area contributed by atoms with Crippen LogP contribution in [0.3, 0.4) is 0 Å². The number of benzene rings is 1. The molecule has 4 rings (SSSR count). The zero-order valence-corrected chi connectivity index (χ0v) is 15.8. The van der Waals surface area contributed by atoms with Crippen LogP contribution >= 0.6 is 15.9 Å². The van der Waals surface area contributed by atoms with Gasteiger partial charge in [0.1, 0.15) is 6.54 Å². The number of aromatic hydroxyl groups is 1. The first-order valence-electron chi connectivity index (χ1n) is 8.64. The van der Waals surface area contributed by atoms with Gasteiger partial charge in [0, 0.05) is 35.7 Å². The number of hydrogen-bond acceptors (Lipinski definition) is 3. The molecule has 3 heterocycles. The normalized spacial score (nSPS) is 24.6. The van der Waals surface area contributed by atoms with Crippen molar-refractivity contribution in [3.8, 4) is 11.5 Å². The quantitative estimate of drug-likeness (QED) is 0.813. The summed E-state index contributed by atoms with van der Waals surface area (Å²) >= 11 is 3.40. The molecule has 2 aromatic rings. The maximum atomic E-state index is 12.1. The number of hydrogen-bond donors (Lipinski definition) is 2. The molecular weight excluding hydrogens is 384 g/mol. The monoisotopic (exact) mass is 405 g/mol. The van der Waals surface area contributed by atoms with Gasteiger partial charge in [-0.1, -0.05) is 6.07 Å². The molecule has 3 atom stereocenters. The van der Waals surface area contributed by atoms with Gasteiger partial charge in [0.15, 0.2) is 11.5 Å². The lowest BCUT2D eigenvalue weighted by molar-refractivity contribution is -0.924. The third-order valence-electron chi connectivity index (χ3n) is 5.44. The molecule has 25 heavy (non-hydrogen) atoms. The van der Waals surface area contributed by atoms with Gasteiger partial charge < -0.3 is 19.3 Å². The summed E-state index contributed by atoms with van der Waals surface area (Å²) in [5.41, 5.74) is 2.45. The van der Waals surface area contributed by atoms with Gasteiger partial charge in [0.2, 0.25) is 0 Å². The van der Waals surface area contributed by atoms with Crippen LogP contribution < -0.4 is 15.2 Å². The Labute approximate surface area is 155 Å². The first kappa shape index (κ1) is 16.7. The Morgan fingerprint density at radius 2 is 2.20 bits per heavy atom. The number of halogens is 1. The van der Waals surface area contributed by atoms with Gasteiger partial charge >= 0.3 is 0 Å². The SMILES string of the molecule is COc1cc(C[NH+]2CC3CC(C2)c2cccc(=O)n2C3)cc(Br)c1O. The number of nitrogens with one attached hydrogen (secondary N) is 1. The fourth-order valence-corrected chi connectivity index (χ4v) is 4.93. The summed E-state index contributed by atoms with van der Waals surface area (Å²) < 4.78 is 7.89. The average Bonchev–Trinajstić information content (AvgIpc) is 2.59. The molecule has 2 bridgehead atoms. The number of aromatic nitrogens is 1. The Balaban J connectivity index is 1.57. The largest absolute Gasteiger partial charge is 0.503 e. The number of likely N-dealkylation sites (tertiary alicyclic amines) is 1. The highest BCUT2D eigenvalue weighted by atomic mass is 79.9. The number of piperidine rings is 1. The molecule has 3 unspecified atom stereocenters. The predicted octanol–water partition coefficient (Wildman–Crippen LogP) is 1.53. The Morgan fingerprint density at radius 1 is 1.36 bits per heavy atom. The molecular formula is C19H22BrN2O3+. The smallest absolute Gasteiger partial charge is 0.250 e. The molecule has 1 aromatic heterocycles. The van der Waals surface area contributed by atoms with Crippen LogP contribution in [0.5, 0.6) is 11.5 Å². The lowest BCUT2D eigenvalue weighted by Gasteiger charge is -2.40. The average molecular weight is 406 g/mol. The van der Waals surface area contributed by atoms with E-state index in [0.29, 0.717) is 22.1 Å². The summed E-state index contributed by atoms with van der Waals surface area (Å²) in [4.78, 5) is 13.6. The van der Waals surface area contributed by atoms with E-state index >= 15 is 0 Å². The number of pyridine rings is 1. The standard InChI is InChI=1S/C19H21BrN2O3/c1-25-17-7-12(6-15(20)19(17)24)8-21-9-13-5-14(11-21)16-3-2-4-18(23)22(16)10-13/h2-4,6-7,13-14,24H,5,8-11H2,1H3/p+1. The summed E-state index contributed by atoms with van der Waals surface area (Å²) in [5, 5.41) is 9.98. The van der Waals surface area contributed by atoms with E-state index in [2.05, 4.69) is 22.0 Å². The first-order chi connectivity index (χ1) is 12.0. The number of phenolic OH excluding ortho intramolecular Hbond substituents is 1. The van der Waals surface area contributed by atoms with Crippen LogP contribution in [0.15, 0.2) is 39.6 Å². The van der Waals surface area contributed by atoms with Crippen LogP contribution in [0.1, 0.15) is 23.6 Å². The first-order valence-corrected chi connectivity index (χ1v) is 9.43. The van der Waals surface area contributed by atoms with E-state index in [4.69, 9.17) is 4.74 Å². The minimum Gasteiger partial charge on any atom is -0.503 e. The van der Waals surface area contributed by atoms with Crippen LogP contribution in [-0.2, 0) is 13.1 Å². The number of rotatable bonds is 3. The van der Waals surface area contributed by atoms with Crippen LogP contribution in [0.4, 0.5) is 0 Å². The third-order valence-corrected chi connectivity index (χ3v) is 6.04. The molecule has 0 saturated carbocycles. The highest BCUT2D eigenvalue weighted by molar-refractivity contribution is 9.10. The van der Waals surface area contributed by atoms with Crippen molar-refractivity contribution >= 4 is 15.9 Å².